The van der Waals surface area contributed by atoms with Gasteiger partial charge in [-0.05, 0) is 40.1 Å². The standard InChI is InChI=1S/C22H19NO4/c1-13(24)27-19-10-8-15(11-20(19)26-2)17-12-21(25)23-18-9-7-14-5-3-4-6-16(14)22(17)18/h3-11,17H,12H2,1-2H3,(H,23,25). The summed E-state index contributed by atoms with van der Waals surface area (Å²) in [4.78, 5) is 23.6. The number of amides is 1. The Hall–Kier alpha value is -3.34. The van der Waals surface area contributed by atoms with Gasteiger partial charge in [-0.15, -0.1) is 0 Å². The Morgan fingerprint density at radius 3 is 2.67 bits per heavy atom. The molecule has 1 heterocycles. The molecular weight excluding hydrogens is 342 g/mol. The lowest BCUT2D eigenvalue weighted by Crippen LogP contribution is -2.23. The fourth-order valence-electron chi connectivity index (χ4n) is 3.69. The molecule has 1 atom stereocenters. The van der Waals surface area contributed by atoms with E-state index in [4.69, 9.17) is 9.47 Å². The molecule has 27 heavy (non-hydrogen) atoms. The second-order valence-corrected chi connectivity index (χ2v) is 6.56. The summed E-state index contributed by atoms with van der Waals surface area (Å²) in [7, 11) is 1.53. The maximum Gasteiger partial charge on any atom is 0.308 e. The van der Waals surface area contributed by atoms with E-state index in [2.05, 4.69) is 17.4 Å². The molecule has 0 aliphatic carbocycles. The number of ether oxygens (including phenoxy) is 2. The van der Waals surface area contributed by atoms with E-state index < -0.39 is 5.97 Å². The quantitative estimate of drug-likeness (QED) is 0.560. The zero-order valence-electron chi connectivity index (χ0n) is 15.1. The molecule has 0 radical (unpaired) electrons. The molecule has 1 unspecified atom stereocenters. The third-order valence-electron chi connectivity index (χ3n) is 4.83. The number of nitrogens with one attached hydrogen (secondary N) is 1. The number of methoxy groups -OCH3 is 1. The van der Waals surface area contributed by atoms with Gasteiger partial charge in [-0.2, -0.15) is 0 Å². The van der Waals surface area contributed by atoms with Crippen molar-refractivity contribution < 1.29 is 19.1 Å². The van der Waals surface area contributed by atoms with Crippen LogP contribution in [0.2, 0.25) is 0 Å². The summed E-state index contributed by atoms with van der Waals surface area (Å²) in [5.74, 6) is 0.294. The van der Waals surface area contributed by atoms with Crippen LogP contribution in [0.1, 0.15) is 30.4 Å². The van der Waals surface area contributed by atoms with Crippen LogP contribution in [0.4, 0.5) is 5.69 Å². The van der Waals surface area contributed by atoms with Crippen molar-refractivity contribution in [1.29, 1.82) is 0 Å². The van der Waals surface area contributed by atoms with Crippen LogP contribution in [0.5, 0.6) is 11.5 Å². The topological polar surface area (TPSA) is 64.6 Å². The van der Waals surface area contributed by atoms with E-state index in [0.29, 0.717) is 17.9 Å². The Morgan fingerprint density at radius 1 is 1.07 bits per heavy atom. The van der Waals surface area contributed by atoms with Crippen LogP contribution in [-0.2, 0) is 9.59 Å². The lowest BCUT2D eigenvalue weighted by atomic mass is 9.82. The highest BCUT2D eigenvalue weighted by Crippen LogP contribution is 2.43. The van der Waals surface area contributed by atoms with Crippen LogP contribution >= 0.6 is 0 Å². The van der Waals surface area contributed by atoms with E-state index in [1.807, 2.05) is 36.4 Å². The van der Waals surface area contributed by atoms with E-state index in [9.17, 15) is 9.59 Å². The maximum absolute atomic E-state index is 12.3. The van der Waals surface area contributed by atoms with Crippen molar-refractivity contribution in [3.8, 4) is 11.5 Å². The average molecular weight is 361 g/mol. The first kappa shape index (κ1) is 17.1. The molecule has 4 rings (SSSR count). The second-order valence-electron chi connectivity index (χ2n) is 6.56. The lowest BCUT2D eigenvalue weighted by Gasteiger charge is -2.28. The van der Waals surface area contributed by atoms with Gasteiger partial charge in [-0.1, -0.05) is 36.4 Å². The van der Waals surface area contributed by atoms with Crippen molar-refractivity contribution in [2.24, 2.45) is 0 Å². The average Bonchev–Trinajstić information content (AvgIpc) is 2.67. The molecule has 1 N–H and O–H groups in total. The van der Waals surface area contributed by atoms with Crippen LogP contribution in [0.3, 0.4) is 0 Å². The summed E-state index contributed by atoms with van der Waals surface area (Å²) in [6.07, 6.45) is 0.344. The first-order valence-corrected chi connectivity index (χ1v) is 8.74. The molecule has 3 aromatic carbocycles. The van der Waals surface area contributed by atoms with Crippen molar-refractivity contribution >= 4 is 28.3 Å². The Balaban J connectivity index is 1.87. The molecule has 0 saturated carbocycles. The van der Waals surface area contributed by atoms with Gasteiger partial charge in [0.2, 0.25) is 5.91 Å². The van der Waals surface area contributed by atoms with Crippen molar-refractivity contribution in [1.82, 2.24) is 0 Å². The van der Waals surface area contributed by atoms with E-state index in [0.717, 1.165) is 27.6 Å². The number of anilines is 1. The summed E-state index contributed by atoms with van der Waals surface area (Å²) >= 11 is 0. The molecule has 1 aliphatic heterocycles. The minimum absolute atomic E-state index is 0.0224. The summed E-state index contributed by atoms with van der Waals surface area (Å²) in [6.45, 7) is 1.35. The van der Waals surface area contributed by atoms with Gasteiger partial charge in [-0.3, -0.25) is 9.59 Å². The van der Waals surface area contributed by atoms with Crippen molar-refractivity contribution in [3.05, 3.63) is 65.7 Å². The molecular formula is C22H19NO4. The van der Waals surface area contributed by atoms with E-state index in [-0.39, 0.29) is 11.8 Å². The van der Waals surface area contributed by atoms with E-state index in [1.54, 1.807) is 6.07 Å². The van der Waals surface area contributed by atoms with Gasteiger partial charge in [0.25, 0.3) is 0 Å². The Labute approximate surface area is 156 Å². The Kier molecular flexibility index (Phi) is 4.28. The normalized spacial score (nSPS) is 15.8. The van der Waals surface area contributed by atoms with Gasteiger partial charge in [-0.25, -0.2) is 0 Å². The van der Waals surface area contributed by atoms with Crippen LogP contribution in [0.15, 0.2) is 54.6 Å². The number of hydrogen-bond donors (Lipinski definition) is 1. The molecule has 0 aromatic heterocycles. The number of hydrogen-bond acceptors (Lipinski definition) is 4. The van der Waals surface area contributed by atoms with Gasteiger partial charge < -0.3 is 14.8 Å². The third kappa shape index (κ3) is 3.12. The molecule has 0 spiro atoms. The molecule has 0 fully saturated rings. The third-order valence-corrected chi connectivity index (χ3v) is 4.83. The number of carbonyl (C=O) groups excluding carboxylic acids is 2. The molecule has 3 aromatic rings. The van der Waals surface area contributed by atoms with Crippen molar-refractivity contribution in [3.63, 3.8) is 0 Å². The van der Waals surface area contributed by atoms with Gasteiger partial charge >= 0.3 is 5.97 Å². The van der Waals surface area contributed by atoms with Gasteiger partial charge in [0, 0.05) is 24.9 Å². The fourth-order valence-corrected chi connectivity index (χ4v) is 3.69. The molecule has 1 amide bonds. The monoisotopic (exact) mass is 361 g/mol. The Bertz CT molecular complexity index is 1060. The minimum Gasteiger partial charge on any atom is -0.493 e. The van der Waals surface area contributed by atoms with Gasteiger partial charge in [0.1, 0.15) is 0 Å². The summed E-state index contributed by atoms with van der Waals surface area (Å²) < 4.78 is 10.6. The number of fused-ring (bicyclic) bond motifs is 3. The van der Waals surface area contributed by atoms with Crippen LogP contribution in [0.25, 0.3) is 10.8 Å². The Morgan fingerprint density at radius 2 is 1.89 bits per heavy atom. The lowest BCUT2D eigenvalue weighted by molar-refractivity contribution is -0.132. The molecule has 5 heteroatoms. The molecule has 0 bridgehead atoms. The summed E-state index contributed by atoms with van der Waals surface area (Å²) in [5, 5.41) is 5.22. The first-order valence-electron chi connectivity index (χ1n) is 8.74. The predicted octanol–water partition coefficient (Wildman–Crippen LogP) is 4.25. The zero-order valence-corrected chi connectivity index (χ0v) is 15.1. The highest BCUT2D eigenvalue weighted by Gasteiger charge is 2.29. The second kappa shape index (κ2) is 6.76. The predicted molar refractivity (Wildman–Crippen MR) is 103 cm³/mol. The smallest absolute Gasteiger partial charge is 0.308 e. The van der Waals surface area contributed by atoms with Crippen LogP contribution in [0, 0.1) is 0 Å². The summed E-state index contributed by atoms with van der Waals surface area (Å²) in [5.41, 5.74) is 2.86. The number of benzene rings is 3. The van der Waals surface area contributed by atoms with E-state index in [1.165, 1.54) is 14.0 Å². The van der Waals surface area contributed by atoms with Crippen LogP contribution in [-0.4, -0.2) is 19.0 Å². The maximum atomic E-state index is 12.3. The van der Waals surface area contributed by atoms with Crippen molar-refractivity contribution in [2.75, 3.05) is 12.4 Å². The summed E-state index contributed by atoms with van der Waals surface area (Å²) in [6, 6.07) is 17.5. The fraction of sp³-hybridized carbons (Fsp3) is 0.182. The number of esters is 1. The highest BCUT2D eigenvalue weighted by atomic mass is 16.6. The largest absolute Gasteiger partial charge is 0.493 e. The molecule has 0 saturated heterocycles. The van der Waals surface area contributed by atoms with Gasteiger partial charge in [0.15, 0.2) is 11.5 Å². The minimum atomic E-state index is -0.408. The SMILES string of the molecule is COc1cc(C2CC(=O)Nc3ccc4ccccc4c32)ccc1OC(C)=O. The molecule has 136 valence electrons. The van der Waals surface area contributed by atoms with E-state index >= 15 is 0 Å². The number of rotatable bonds is 3. The highest BCUT2D eigenvalue weighted by molar-refractivity contribution is 6.01. The zero-order chi connectivity index (χ0) is 19.0. The molecule has 1 aliphatic rings. The number of carbonyl (C=O) groups is 2. The van der Waals surface area contributed by atoms with Crippen molar-refractivity contribution in [2.45, 2.75) is 19.3 Å². The first-order chi connectivity index (χ1) is 13.1. The van der Waals surface area contributed by atoms with Crippen LogP contribution < -0.4 is 14.8 Å². The molecule has 5 nitrogen and oxygen atoms in total. The van der Waals surface area contributed by atoms with Gasteiger partial charge in [0.05, 0.1) is 7.11 Å².